The lowest BCUT2D eigenvalue weighted by Crippen LogP contribution is -2.44. The number of amides is 2. The van der Waals surface area contributed by atoms with Crippen LogP contribution in [0.25, 0.3) is 11.3 Å². The molecule has 368 valence electrons. The molecular formula is C60H67FN5O5+. The smallest absolute Gasteiger partial charge is 0.359 e. The Morgan fingerprint density at radius 3 is 2.13 bits per heavy atom. The number of fused-ring (bicyclic) bond motifs is 1. The van der Waals surface area contributed by atoms with E-state index in [-0.39, 0.29) is 36.2 Å². The van der Waals surface area contributed by atoms with E-state index in [2.05, 4.69) is 59.2 Å². The van der Waals surface area contributed by atoms with Gasteiger partial charge in [-0.2, -0.15) is 4.57 Å². The molecule has 8 rings (SSSR count). The predicted octanol–water partition coefficient (Wildman–Crippen LogP) is 11.2. The van der Waals surface area contributed by atoms with Gasteiger partial charge in [-0.15, -0.1) is 0 Å². The molecule has 5 N–H and O–H groups in total. The maximum atomic E-state index is 15.4. The number of aromatic hydroxyl groups is 1. The van der Waals surface area contributed by atoms with Crippen LogP contribution < -0.4 is 25.7 Å². The summed E-state index contributed by atoms with van der Waals surface area (Å²) in [6.07, 6.45) is 15.4. The lowest BCUT2D eigenvalue weighted by Gasteiger charge is -2.28. The number of halogens is 1. The number of rotatable bonds is 23. The zero-order valence-corrected chi connectivity index (χ0v) is 40.7. The third-order valence-corrected chi connectivity index (χ3v) is 13.9. The zero-order valence-electron chi connectivity index (χ0n) is 40.7. The number of phenols is 1. The molecule has 2 aliphatic rings. The Morgan fingerprint density at radius 2 is 1.44 bits per heavy atom. The van der Waals surface area contributed by atoms with E-state index in [1.807, 2.05) is 42.5 Å². The number of ether oxygens (including phenoxy) is 1. The van der Waals surface area contributed by atoms with Gasteiger partial charge in [-0.05, 0) is 115 Å². The molecule has 0 spiro atoms. The molecule has 11 heteroatoms. The Labute approximate surface area is 417 Å². The summed E-state index contributed by atoms with van der Waals surface area (Å²) >= 11 is 0. The molecule has 6 aromatic rings. The molecule has 3 unspecified atom stereocenters. The van der Waals surface area contributed by atoms with Crippen LogP contribution in [0.2, 0.25) is 0 Å². The first kappa shape index (κ1) is 50.3. The molecule has 3 atom stereocenters. The first-order valence-corrected chi connectivity index (χ1v) is 25.6. The summed E-state index contributed by atoms with van der Waals surface area (Å²) < 4.78 is 22.8. The van der Waals surface area contributed by atoms with Crippen LogP contribution in [-0.2, 0) is 35.3 Å². The minimum absolute atomic E-state index is 0.0795. The van der Waals surface area contributed by atoms with Gasteiger partial charge in [0, 0.05) is 36.4 Å². The van der Waals surface area contributed by atoms with Crippen molar-refractivity contribution in [2.75, 3.05) is 11.9 Å². The van der Waals surface area contributed by atoms with Crippen molar-refractivity contribution in [1.82, 2.24) is 10.3 Å². The zero-order chi connectivity index (χ0) is 49.4. The van der Waals surface area contributed by atoms with Crippen LogP contribution in [-0.4, -0.2) is 40.5 Å². The maximum absolute atomic E-state index is 15.4. The number of nitrogens with zero attached hydrogens (tertiary/aromatic N) is 2. The first-order valence-electron chi connectivity index (χ1n) is 25.6. The van der Waals surface area contributed by atoms with Gasteiger partial charge in [0.05, 0.1) is 6.61 Å². The number of carbonyl (C=O) groups is 3. The molecule has 0 saturated carbocycles. The van der Waals surface area contributed by atoms with Gasteiger partial charge in [0.1, 0.15) is 23.3 Å². The summed E-state index contributed by atoms with van der Waals surface area (Å²) in [6.45, 7) is 0.376. The lowest BCUT2D eigenvalue weighted by molar-refractivity contribution is -0.552. The third-order valence-electron chi connectivity index (χ3n) is 13.9. The molecule has 1 aromatic heterocycles. The van der Waals surface area contributed by atoms with Gasteiger partial charge in [-0.3, -0.25) is 14.9 Å². The van der Waals surface area contributed by atoms with Gasteiger partial charge in [-0.25, -0.2) is 14.2 Å². The van der Waals surface area contributed by atoms with E-state index in [0.29, 0.717) is 48.1 Å². The number of phenolic OH excluding ortho intramolecular Hbond substituents is 1. The second kappa shape index (κ2) is 25.1. The summed E-state index contributed by atoms with van der Waals surface area (Å²) in [5.41, 5.74) is 14.5. The molecule has 0 fully saturated rings. The molecular weight excluding hydrogens is 890 g/mol. The van der Waals surface area contributed by atoms with E-state index < -0.39 is 23.7 Å². The van der Waals surface area contributed by atoms with Crippen LogP contribution in [0.3, 0.4) is 0 Å². The number of aromatic nitrogens is 2. The molecule has 5 aromatic carbocycles. The predicted molar refractivity (Wildman–Crippen MR) is 276 cm³/mol. The molecule has 0 bridgehead atoms. The van der Waals surface area contributed by atoms with Crippen LogP contribution in [0, 0.1) is 17.7 Å². The Morgan fingerprint density at radius 1 is 0.775 bits per heavy atom. The van der Waals surface area contributed by atoms with E-state index in [1.54, 1.807) is 47.2 Å². The van der Waals surface area contributed by atoms with Crippen LogP contribution >= 0.6 is 0 Å². The number of hydrogen-bond acceptors (Lipinski definition) is 7. The van der Waals surface area contributed by atoms with Gasteiger partial charge in [0.2, 0.25) is 11.8 Å². The number of anilines is 1. The highest BCUT2D eigenvalue weighted by atomic mass is 19.1. The molecule has 2 amide bonds. The molecule has 0 radical (unpaired) electrons. The summed E-state index contributed by atoms with van der Waals surface area (Å²) in [5.74, 6) is -0.489. The molecule has 0 saturated heterocycles. The van der Waals surface area contributed by atoms with Crippen molar-refractivity contribution in [1.29, 1.82) is 0 Å². The average molecular weight is 957 g/mol. The van der Waals surface area contributed by atoms with Gasteiger partial charge in [0.15, 0.2) is 17.6 Å². The van der Waals surface area contributed by atoms with Crippen molar-refractivity contribution >= 4 is 23.5 Å². The van der Waals surface area contributed by atoms with Crippen molar-refractivity contribution in [3.8, 4) is 22.8 Å². The fourth-order valence-corrected chi connectivity index (χ4v) is 10.1. The van der Waals surface area contributed by atoms with Crippen molar-refractivity contribution in [3.63, 3.8) is 0 Å². The molecule has 2 heterocycles. The standard InChI is InChI=1S/C60H66FN5O5/c61-51-37-45(39-54-60(70)66-41-55(46-29-31-49(67)32-30-46)63-53(59(66)65-54)38-44-23-13-7-14-24-44)28-33-56(51)71-34-18-4-2-1-3-15-26-48(58(62)69)40-57(68)64-52-27-17-8-16-25-47(35-42-19-9-5-10-20-42)50(52)36-43-21-11-6-12-22-43/h5-7,9-14,19-24,28-33,37,41,47-48,54H,1-4,8,15-18,25-27,34-36,38-40H2,(H4,62,64,67,68,69)/p+1/b52-50+. The lowest BCUT2D eigenvalue weighted by atomic mass is 9.80. The van der Waals surface area contributed by atoms with E-state index >= 15 is 4.39 Å². The van der Waals surface area contributed by atoms with E-state index in [9.17, 15) is 19.5 Å². The van der Waals surface area contributed by atoms with E-state index in [4.69, 9.17) is 15.5 Å². The fourth-order valence-electron chi connectivity index (χ4n) is 10.1. The fraction of sp³-hybridized carbons (Fsp3) is 0.350. The largest absolute Gasteiger partial charge is 0.508 e. The first-order chi connectivity index (χ1) is 34.7. The topological polar surface area (TPSA) is 148 Å². The van der Waals surface area contributed by atoms with Crippen LogP contribution in [0.1, 0.15) is 116 Å². The minimum Gasteiger partial charge on any atom is -0.508 e. The second-order valence-corrected chi connectivity index (χ2v) is 19.3. The number of carbonyl (C=O) groups excluding carboxylic acids is 3. The molecule has 71 heavy (non-hydrogen) atoms. The summed E-state index contributed by atoms with van der Waals surface area (Å²) in [5, 5.41) is 16.5. The van der Waals surface area contributed by atoms with Gasteiger partial charge in [0.25, 0.3) is 0 Å². The third kappa shape index (κ3) is 14.2. The van der Waals surface area contributed by atoms with Gasteiger partial charge >= 0.3 is 11.7 Å². The number of nitrogens with two attached hydrogens (primary N) is 1. The highest BCUT2D eigenvalue weighted by Crippen LogP contribution is 2.33. The number of primary amides is 1. The number of allylic oxidation sites excluding steroid dienone is 2. The normalized spacial score (nSPS) is 17.1. The average Bonchev–Trinajstić information content (AvgIpc) is 3.69. The Bertz CT molecular complexity index is 2750. The quantitative estimate of drug-likeness (QED) is 0.0369. The number of benzene rings is 5. The number of unbranched alkanes of at least 4 members (excludes halogenated alkanes) is 5. The van der Waals surface area contributed by atoms with Crippen molar-refractivity contribution in [3.05, 3.63) is 185 Å². The van der Waals surface area contributed by atoms with Crippen molar-refractivity contribution in [2.45, 2.75) is 115 Å². The highest BCUT2D eigenvalue weighted by molar-refractivity contribution is 5.86. The van der Waals surface area contributed by atoms with Gasteiger partial charge < -0.3 is 20.9 Å². The summed E-state index contributed by atoms with van der Waals surface area (Å²) in [6, 6.07) is 42.0. The Kier molecular flexibility index (Phi) is 17.8. The molecule has 1 aliphatic carbocycles. The van der Waals surface area contributed by atoms with E-state index in [0.717, 1.165) is 100 Å². The minimum atomic E-state index is -0.620. The molecule has 1 aliphatic heterocycles. The monoisotopic (exact) mass is 957 g/mol. The molecule has 10 nitrogen and oxygen atoms in total. The van der Waals surface area contributed by atoms with Crippen LogP contribution in [0.15, 0.2) is 151 Å². The van der Waals surface area contributed by atoms with Crippen LogP contribution in [0.4, 0.5) is 10.2 Å². The van der Waals surface area contributed by atoms with Crippen molar-refractivity contribution < 1.29 is 33.2 Å². The number of hydrogen-bond donors (Lipinski definition) is 4. The number of nitrogens with one attached hydrogen (secondary N) is 2. The SMILES string of the molecule is NC(=O)C(CCCCCCCCOc1ccc(CC2Nc3c(Cc4ccccc4)nc(-c4ccc(O)cc4)c[n+]3C2=O)cc1F)CC(=O)N/C1=C(\Cc2ccccc2)C(Cc2ccccc2)CCCCC1. The summed E-state index contributed by atoms with van der Waals surface area (Å²) in [7, 11) is 0. The Balaban J connectivity index is 0.775. The van der Waals surface area contributed by atoms with E-state index in [1.165, 1.54) is 22.8 Å². The van der Waals surface area contributed by atoms with Crippen molar-refractivity contribution in [2.24, 2.45) is 17.6 Å². The second-order valence-electron chi connectivity index (χ2n) is 19.3. The summed E-state index contributed by atoms with van der Waals surface area (Å²) in [4.78, 5) is 45.1. The highest BCUT2D eigenvalue weighted by Gasteiger charge is 2.41. The Hall–Kier alpha value is -7.14. The maximum Gasteiger partial charge on any atom is 0.359 e. The van der Waals surface area contributed by atoms with Gasteiger partial charge in [-0.1, -0.05) is 142 Å². The van der Waals surface area contributed by atoms with Crippen LogP contribution in [0.5, 0.6) is 11.5 Å².